The van der Waals surface area contributed by atoms with E-state index in [0.717, 1.165) is 11.1 Å². The van der Waals surface area contributed by atoms with Crippen LogP contribution in [0.25, 0.3) is 0 Å². The topological polar surface area (TPSA) is 47.6 Å². The summed E-state index contributed by atoms with van der Waals surface area (Å²) >= 11 is 0. The van der Waals surface area contributed by atoms with Crippen LogP contribution in [0.2, 0.25) is 0 Å². The summed E-state index contributed by atoms with van der Waals surface area (Å²) in [5, 5.41) is 2.86. The van der Waals surface area contributed by atoms with Crippen LogP contribution >= 0.6 is 0 Å². The van der Waals surface area contributed by atoms with Gasteiger partial charge in [-0.05, 0) is 30.2 Å². The van der Waals surface area contributed by atoms with E-state index in [2.05, 4.69) is 5.32 Å². The molecule has 2 aromatic carbocycles. The lowest BCUT2D eigenvalue weighted by atomic mass is 10.1. The summed E-state index contributed by atoms with van der Waals surface area (Å²) < 4.78 is 10.6. The number of amides is 1. The van der Waals surface area contributed by atoms with Gasteiger partial charge >= 0.3 is 0 Å². The van der Waals surface area contributed by atoms with Crippen molar-refractivity contribution in [2.75, 3.05) is 19.5 Å². The molecule has 4 nitrogen and oxygen atoms in total. The number of ether oxygens (including phenoxy) is 2. The minimum absolute atomic E-state index is 0.229. The molecule has 0 fully saturated rings. The third-order valence-corrected chi connectivity index (χ3v) is 3.19. The summed E-state index contributed by atoms with van der Waals surface area (Å²) in [4.78, 5) is 12.4. The second-order valence-corrected chi connectivity index (χ2v) is 4.72. The van der Waals surface area contributed by atoms with E-state index in [4.69, 9.17) is 9.47 Å². The maximum atomic E-state index is 12.4. The first-order chi connectivity index (χ1) is 10.2. The highest BCUT2D eigenvalue weighted by Crippen LogP contribution is 2.27. The van der Waals surface area contributed by atoms with Gasteiger partial charge in [-0.2, -0.15) is 0 Å². The molecule has 1 atom stereocenters. The van der Waals surface area contributed by atoms with E-state index in [1.165, 1.54) is 7.11 Å². The molecule has 0 aliphatic carbocycles. The van der Waals surface area contributed by atoms with E-state index >= 15 is 0 Å². The van der Waals surface area contributed by atoms with E-state index < -0.39 is 6.10 Å². The van der Waals surface area contributed by atoms with Crippen LogP contribution in [0.15, 0.2) is 48.5 Å². The first-order valence-corrected chi connectivity index (χ1v) is 6.69. The Hall–Kier alpha value is -2.33. The van der Waals surface area contributed by atoms with Gasteiger partial charge in [-0.25, -0.2) is 0 Å². The summed E-state index contributed by atoms with van der Waals surface area (Å²) in [5.41, 5.74) is 2.49. The highest BCUT2D eigenvalue weighted by molar-refractivity contribution is 5.96. The van der Waals surface area contributed by atoms with Crippen LogP contribution in [0.3, 0.4) is 0 Å². The minimum Gasteiger partial charge on any atom is -0.495 e. The lowest BCUT2D eigenvalue weighted by Gasteiger charge is -2.17. The average molecular weight is 285 g/mol. The summed E-state index contributed by atoms with van der Waals surface area (Å²) in [6.07, 6.45) is -0.656. The fraction of sp³-hybridized carbons (Fsp3) is 0.235. The minimum atomic E-state index is -0.656. The maximum absolute atomic E-state index is 12.4. The van der Waals surface area contributed by atoms with Crippen molar-refractivity contribution in [1.82, 2.24) is 0 Å². The zero-order valence-electron chi connectivity index (χ0n) is 12.4. The number of benzene rings is 2. The highest BCUT2D eigenvalue weighted by Gasteiger charge is 2.21. The van der Waals surface area contributed by atoms with Gasteiger partial charge in [0.25, 0.3) is 5.91 Å². The van der Waals surface area contributed by atoms with E-state index in [1.54, 1.807) is 7.11 Å². The van der Waals surface area contributed by atoms with Crippen LogP contribution in [-0.2, 0) is 9.53 Å². The summed E-state index contributed by atoms with van der Waals surface area (Å²) in [5.74, 6) is 0.393. The summed E-state index contributed by atoms with van der Waals surface area (Å²) in [7, 11) is 3.09. The molecule has 0 aliphatic rings. The summed E-state index contributed by atoms with van der Waals surface area (Å²) in [6.45, 7) is 1.96. The standard InChI is InChI=1S/C17H19NO3/c1-12-9-10-15(20-2)14(11-12)18-17(19)16(21-3)13-7-5-4-6-8-13/h4-11,16H,1-3H3,(H,18,19)/t16-/m1/s1. The lowest BCUT2D eigenvalue weighted by Crippen LogP contribution is -2.22. The Balaban J connectivity index is 2.22. The molecule has 0 aliphatic heterocycles. The van der Waals surface area contributed by atoms with Crippen LogP contribution < -0.4 is 10.1 Å². The van der Waals surface area contributed by atoms with E-state index in [9.17, 15) is 4.79 Å². The quantitative estimate of drug-likeness (QED) is 0.916. The van der Waals surface area contributed by atoms with Crippen LogP contribution in [0.1, 0.15) is 17.2 Å². The van der Waals surface area contributed by atoms with Gasteiger partial charge in [0.05, 0.1) is 12.8 Å². The highest BCUT2D eigenvalue weighted by atomic mass is 16.5. The molecule has 0 radical (unpaired) electrons. The number of hydrogen-bond donors (Lipinski definition) is 1. The van der Waals surface area contributed by atoms with Gasteiger partial charge in [-0.3, -0.25) is 4.79 Å². The van der Waals surface area contributed by atoms with Gasteiger partial charge in [0.2, 0.25) is 0 Å². The molecule has 2 aromatic rings. The number of carbonyl (C=O) groups excluding carboxylic acids is 1. The molecular weight excluding hydrogens is 266 g/mol. The number of hydrogen-bond acceptors (Lipinski definition) is 3. The third kappa shape index (κ3) is 3.61. The second-order valence-electron chi connectivity index (χ2n) is 4.72. The van der Waals surface area contributed by atoms with Crippen molar-refractivity contribution in [3.63, 3.8) is 0 Å². The van der Waals surface area contributed by atoms with Crippen LogP contribution in [0, 0.1) is 6.92 Å². The van der Waals surface area contributed by atoms with Gasteiger partial charge in [0, 0.05) is 7.11 Å². The van der Waals surface area contributed by atoms with Crippen LogP contribution in [0.5, 0.6) is 5.75 Å². The predicted molar refractivity (Wildman–Crippen MR) is 82.6 cm³/mol. The van der Waals surface area contributed by atoms with E-state index in [-0.39, 0.29) is 5.91 Å². The SMILES string of the molecule is COc1ccc(C)cc1NC(=O)[C@H](OC)c1ccccc1. The molecule has 0 bridgehead atoms. The van der Waals surface area contributed by atoms with Crippen LogP contribution in [-0.4, -0.2) is 20.1 Å². The van der Waals surface area contributed by atoms with Gasteiger partial charge in [0.15, 0.2) is 6.10 Å². The first-order valence-electron chi connectivity index (χ1n) is 6.69. The van der Waals surface area contributed by atoms with Gasteiger partial charge in [-0.15, -0.1) is 0 Å². The molecule has 1 N–H and O–H groups in total. The molecule has 0 aromatic heterocycles. The average Bonchev–Trinajstić information content (AvgIpc) is 2.49. The Morgan fingerprint density at radius 2 is 1.81 bits per heavy atom. The van der Waals surface area contributed by atoms with E-state index in [1.807, 2.05) is 55.5 Å². The number of methoxy groups -OCH3 is 2. The fourth-order valence-electron chi connectivity index (χ4n) is 2.14. The Morgan fingerprint density at radius 3 is 2.43 bits per heavy atom. The van der Waals surface area contributed by atoms with Crippen molar-refractivity contribution in [2.24, 2.45) is 0 Å². The fourth-order valence-corrected chi connectivity index (χ4v) is 2.14. The molecular formula is C17H19NO3. The number of aryl methyl sites for hydroxylation is 1. The Morgan fingerprint density at radius 1 is 1.10 bits per heavy atom. The Bertz CT molecular complexity index is 611. The smallest absolute Gasteiger partial charge is 0.258 e. The molecule has 1 amide bonds. The van der Waals surface area contributed by atoms with Gasteiger partial charge in [-0.1, -0.05) is 36.4 Å². The molecule has 0 unspecified atom stereocenters. The third-order valence-electron chi connectivity index (χ3n) is 3.19. The predicted octanol–water partition coefficient (Wildman–Crippen LogP) is 3.33. The second kappa shape index (κ2) is 6.90. The van der Waals surface area contributed by atoms with Gasteiger partial charge in [0.1, 0.15) is 5.75 Å². The van der Waals surface area contributed by atoms with Crippen molar-refractivity contribution < 1.29 is 14.3 Å². The first kappa shape index (κ1) is 15.1. The van der Waals surface area contributed by atoms with Crippen molar-refractivity contribution in [3.8, 4) is 5.75 Å². The summed E-state index contributed by atoms with van der Waals surface area (Å²) in [6, 6.07) is 15.0. The zero-order valence-corrected chi connectivity index (χ0v) is 12.4. The maximum Gasteiger partial charge on any atom is 0.258 e. The normalized spacial score (nSPS) is 11.8. The zero-order chi connectivity index (χ0) is 15.2. The molecule has 0 spiro atoms. The van der Waals surface area contributed by atoms with E-state index in [0.29, 0.717) is 11.4 Å². The lowest BCUT2D eigenvalue weighted by molar-refractivity contribution is -0.126. The number of nitrogens with one attached hydrogen (secondary N) is 1. The molecule has 0 heterocycles. The van der Waals surface area contributed by atoms with Gasteiger partial charge < -0.3 is 14.8 Å². The molecule has 0 saturated carbocycles. The largest absolute Gasteiger partial charge is 0.495 e. The number of anilines is 1. The van der Waals surface area contributed by atoms with Crippen molar-refractivity contribution in [1.29, 1.82) is 0 Å². The molecule has 0 saturated heterocycles. The Labute approximate surface area is 124 Å². The number of rotatable bonds is 5. The van der Waals surface area contributed by atoms with Crippen LogP contribution in [0.4, 0.5) is 5.69 Å². The van der Waals surface area contributed by atoms with Crippen molar-refractivity contribution in [2.45, 2.75) is 13.0 Å². The molecule has 4 heteroatoms. The van der Waals surface area contributed by atoms with Crippen molar-refractivity contribution in [3.05, 3.63) is 59.7 Å². The molecule has 110 valence electrons. The Kier molecular flexibility index (Phi) is 4.95. The van der Waals surface area contributed by atoms with Crippen molar-refractivity contribution >= 4 is 11.6 Å². The number of carbonyl (C=O) groups is 1. The molecule has 2 rings (SSSR count). The monoisotopic (exact) mass is 285 g/mol. The molecule has 21 heavy (non-hydrogen) atoms.